The average molecular weight is 779 g/mol. The SMILES string of the molecule is COc1cc(N2CCC(C3CCN(C4CC5(CCN(c6ccc7c(c6)C(=O)N(C6CCC(=O)NC6=O)C7=O)CC5)C4)CC3)CC2)c(-c2cnn(C)c2)cc1[N+](=O)[O-]. The Balaban J connectivity index is 0.754. The Hall–Kier alpha value is -5.31. The summed E-state index contributed by atoms with van der Waals surface area (Å²) < 4.78 is 7.18. The van der Waals surface area contributed by atoms with Crippen molar-refractivity contribution >= 4 is 40.7 Å². The van der Waals surface area contributed by atoms with E-state index in [1.807, 2.05) is 31.4 Å². The van der Waals surface area contributed by atoms with E-state index in [0.717, 1.165) is 98.3 Å². The molecule has 1 aliphatic carbocycles. The molecule has 5 fully saturated rings. The second-order valence-corrected chi connectivity index (χ2v) is 17.1. The molecule has 1 N–H and O–H groups in total. The van der Waals surface area contributed by atoms with Crippen LogP contribution in [0.5, 0.6) is 5.75 Å². The van der Waals surface area contributed by atoms with E-state index < -0.39 is 23.8 Å². The molecule has 4 amide bonds. The predicted octanol–water partition coefficient (Wildman–Crippen LogP) is 4.78. The molecule has 6 heterocycles. The number of hydrogen-bond donors (Lipinski definition) is 1. The van der Waals surface area contributed by atoms with E-state index in [1.54, 1.807) is 23.0 Å². The highest BCUT2D eigenvalue weighted by molar-refractivity contribution is 6.23. The summed E-state index contributed by atoms with van der Waals surface area (Å²) in [4.78, 5) is 70.6. The fourth-order valence-electron chi connectivity index (χ4n) is 10.8. The summed E-state index contributed by atoms with van der Waals surface area (Å²) >= 11 is 0. The van der Waals surface area contributed by atoms with Gasteiger partial charge in [-0.05, 0) is 106 Å². The number of benzene rings is 2. The molecule has 57 heavy (non-hydrogen) atoms. The van der Waals surface area contributed by atoms with Crippen molar-refractivity contribution in [3.63, 3.8) is 0 Å². The average Bonchev–Trinajstić information content (AvgIpc) is 3.75. The van der Waals surface area contributed by atoms with Crippen LogP contribution in [0.2, 0.25) is 0 Å². The Bertz CT molecular complexity index is 2120. The van der Waals surface area contributed by atoms with Gasteiger partial charge in [-0.3, -0.25) is 44.2 Å². The van der Waals surface area contributed by atoms with Crippen LogP contribution < -0.4 is 19.9 Å². The molecule has 300 valence electrons. The Labute approximate surface area is 331 Å². The van der Waals surface area contributed by atoms with Crippen molar-refractivity contribution in [3.05, 3.63) is 64.0 Å². The zero-order valence-electron chi connectivity index (χ0n) is 32.7. The van der Waals surface area contributed by atoms with Gasteiger partial charge in [0.05, 0.1) is 29.4 Å². The number of rotatable bonds is 8. The first-order valence-corrected chi connectivity index (χ1v) is 20.5. The standard InChI is InChI=1S/C42H50N8O7/c1-45-25-28(24-43-45)32-20-36(50(55)56)37(57-2)21-35(32)48-15-9-27(10-16-48)26-7-13-46(14-8-26)30-22-42(23-30)11-17-47(18-12-42)29-3-4-31-33(19-29)41(54)49(40(31)53)34-5-6-38(51)44-39(34)52/h3-4,19-21,24-27,30,34H,5-18,22-23H2,1-2H3,(H,44,51,52). The highest BCUT2D eigenvalue weighted by Crippen LogP contribution is 2.52. The quantitative estimate of drug-likeness (QED) is 0.190. The van der Waals surface area contributed by atoms with Gasteiger partial charge in [-0.25, -0.2) is 0 Å². The molecule has 15 nitrogen and oxygen atoms in total. The molecule has 4 saturated heterocycles. The van der Waals surface area contributed by atoms with Gasteiger partial charge in [0, 0.05) is 86.5 Å². The van der Waals surface area contributed by atoms with E-state index in [4.69, 9.17) is 4.74 Å². The molecule has 9 rings (SSSR count). The molecule has 2 aromatic carbocycles. The maximum atomic E-state index is 13.4. The van der Waals surface area contributed by atoms with E-state index in [2.05, 4.69) is 25.1 Å². The van der Waals surface area contributed by atoms with Gasteiger partial charge in [-0.1, -0.05) is 0 Å². The van der Waals surface area contributed by atoms with Crippen LogP contribution in [-0.2, 0) is 16.6 Å². The van der Waals surface area contributed by atoms with E-state index >= 15 is 0 Å². The minimum Gasteiger partial charge on any atom is -0.490 e. The molecule has 3 aromatic rings. The molecule has 0 bridgehead atoms. The number of amides is 4. The van der Waals surface area contributed by atoms with Gasteiger partial charge >= 0.3 is 5.69 Å². The first-order chi connectivity index (χ1) is 27.5. The summed E-state index contributed by atoms with van der Waals surface area (Å²) in [5, 5.41) is 18.4. The summed E-state index contributed by atoms with van der Waals surface area (Å²) in [5.41, 5.74) is 4.53. The highest BCUT2D eigenvalue weighted by atomic mass is 16.6. The van der Waals surface area contributed by atoms with Crippen LogP contribution in [-0.4, -0.2) is 107 Å². The van der Waals surface area contributed by atoms with Crippen LogP contribution in [0.15, 0.2) is 42.7 Å². The van der Waals surface area contributed by atoms with E-state index in [9.17, 15) is 29.3 Å². The third kappa shape index (κ3) is 6.72. The number of ether oxygens (including phenoxy) is 1. The number of hydrogen-bond acceptors (Lipinski definition) is 11. The summed E-state index contributed by atoms with van der Waals surface area (Å²) in [7, 11) is 3.33. The largest absolute Gasteiger partial charge is 0.490 e. The number of nitrogens with zero attached hydrogens (tertiary/aromatic N) is 7. The lowest BCUT2D eigenvalue weighted by Gasteiger charge is -2.56. The summed E-state index contributed by atoms with van der Waals surface area (Å²) in [5.74, 6) is -0.243. The van der Waals surface area contributed by atoms with Crippen molar-refractivity contribution in [1.29, 1.82) is 0 Å². The molecule has 1 aromatic heterocycles. The van der Waals surface area contributed by atoms with Gasteiger partial charge in [-0.2, -0.15) is 5.10 Å². The molecule has 15 heteroatoms. The minimum absolute atomic E-state index is 0.0410. The van der Waals surface area contributed by atoms with Crippen LogP contribution >= 0.6 is 0 Å². The van der Waals surface area contributed by atoms with Gasteiger partial charge in [0.25, 0.3) is 11.8 Å². The number of carbonyl (C=O) groups excluding carboxylic acids is 4. The Morgan fingerprint density at radius 2 is 1.53 bits per heavy atom. The number of methoxy groups -OCH3 is 1. The van der Waals surface area contributed by atoms with E-state index in [0.29, 0.717) is 28.5 Å². The zero-order valence-corrected chi connectivity index (χ0v) is 32.7. The number of aromatic nitrogens is 2. The molecular formula is C42H50N8O7. The lowest BCUT2D eigenvalue weighted by Crippen LogP contribution is -2.56. The minimum atomic E-state index is -0.960. The first-order valence-electron chi connectivity index (χ1n) is 20.5. The molecular weight excluding hydrogens is 729 g/mol. The number of nitro groups is 1. The number of imide groups is 2. The monoisotopic (exact) mass is 778 g/mol. The second kappa shape index (κ2) is 14.6. The normalized spacial score (nSPS) is 23.5. The van der Waals surface area contributed by atoms with Crippen molar-refractivity contribution in [2.24, 2.45) is 24.3 Å². The van der Waals surface area contributed by atoms with Gasteiger partial charge in [0.2, 0.25) is 11.8 Å². The third-order valence-corrected chi connectivity index (χ3v) is 14.1. The number of nitrogens with one attached hydrogen (secondary N) is 1. The van der Waals surface area contributed by atoms with Crippen LogP contribution in [0.3, 0.4) is 0 Å². The van der Waals surface area contributed by atoms with Crippen molar-refractivity contribution in [2.75, 3.05) is 56.2 Å². The van der Waals surface area contributed by atoms with Crippen molar-refractivity contribution in [3.8, 4) is 16.9 Å². The molecule has 1 spiro atoms. The maximum absolute atomic E-state index is 13.4. The van der Waals surface area contributed by atoms with Gasteiger partial charge < -0.3 is 19.4 Å². The van der Waals surface area contributed by atoms with E-state index in [-0.39, 0.29) is 35.1 Å². The topological polar surface area (TPSA) is 163 Å². The zero-order chi connectivity index (χ0) is 39.6. The third-order valence-electron chi connectivity index (χ3n) is 14.1. The van der Waals surface area contributed by atoms with Crippen LogP contribution in [0.25, 0.3) is 11.1 Å². The first kappa shape index (κ1) is 37.3. The number of nitro benzene ring substituents is 1. The highest BCUT2D eigenvalue weighted by Gasteiger charge is 2.49. The Kier molecular flexibility index (Phi) is 9.53. The fraction of sp³-hybridized carbons (Fsp3) is 0.548. The molecule has 1 atom stereocenters. The lowest BCUT2D eigenvalue weighted by atomic mass is 9.59. The summed E-state index contributed by atoms with van der Waals surface area (Å²) in [6, 6.07) is 8.58. The van der Waals surface area contributed by atoms with Crippen LogP contribution in [0.4, 0.5) is 17.1 Å². The lowest BCUT2D eigenvalue weighted by molar-refractivity contribution is -0.385. The molecule has 1 unspecified atom stereocenters. The number of fused-ring (bicyclic) bond motifs is 1. The molecule has 0 radical (unpaired) electrons. The van der Waals surface area contributed by atoms with Crippen LogP contribution in [0.1, 0.15) is 84.9 Å². The van der Waals surface area contributed by atoms with Gasteiger partial charge in [0.15, 0.2) is 5.75 Å². The van der Waals surface area contributed by atoms with Gasteiger partial charge in [-0.15, -0.1) is 0 Å². The van der Waals surface area contributed by atoms with Crippen molar-refractivity contribution in [1.82, 2.24) is 24.9 Å². The second-order valence-electron chi connectivity index (χ2n) is 17.1. The molecule has 6 aliphatic rings. The van der Waals surface area contributed by atoms with E-state index in [1.165, 1.54) is 32.8 Å². The van der Waals surface area contributed by atoms with Crippen LogP contribution in [0, 0.1) is 27.4 Å². The smallest absolute Gasteiger partial charge is 0.311 e. The number of likely N-dealkylation sites (tertiary alicyclic amines) is 1. The Morgan fingerprint density at radius 1 is 0.842 bits per heavy atom. The number of anilines is 2. The number of aryl methyl sites for hydroxylation is 1. The number of piperidine rings is 4. The summed E-state index contributed by atoms with van der Waals surface area (Å²) in [6.07, 6.45) is 13.3. The predicted molar refractivity (Wildman–Crippen MR) is 211 cm³/mol. The molecule has 5 aliphatic heterocycles. The fourth-order valence-corrected chi connectivity index (χ4v) is 10.8. The summed E-state index contributed by atoms with van der Waals surface area (Å²) in [6.45, 7) is 5.92. The maximum Gasteiger partial charge on any atom is 0.311 e. The van der Waals surface area contributed by atoms with Crippen molar-refractivity contribution < 1.29 is 28.8 Å². The van der Waals surface area contributed by atoms with Gasteiger partial charge in [0.1, 0.15) is 6.04 Å². The Morgan fingerprint density at radius 3 is 2.16 bits per heavy atom. The van der Waals surface area contributed by atoms with Crippen molar-refractivity contribution in [2.45, 2.75) is 76.3 Å². The molecule has 1 saturated carbocycles. The number of carbonyl (C=O) groups is 4.